The van der Waals surface area contributed by atoms with Crippen molar-refractivity contribution in [3.8, 4) is 0 Å². The molecule has 0 fully saturated rings. The molecule has 2 nitrogen and oxygen atoms in total. The fraction of sp³-hybridized carbons (Fsp3) is 1.00. The highest BCUT2D eigenvalue weighted by Gasteiger charge is 2.29. The standard InChI is InChI=1S/C10H22F2N2/c1-4-6-13-8-10(11,12)9-14(3)7-5-2/h13H,4-9H2,1-3H3. The minimum absolute atomic E-state index is 0.155. The molecule has 0 aliphatic carbocycles. The van der Waals surface area contributed by atoms with E-state index in [1.54, 1.807) is 11.9 Å². The zero-order valence-electron chi connectivity index (χ0n) is 9.45. The van der Waals surface area contributed by atoms with Crippen LogP contribution in [0.5, 0.6) is 0 Å². The fourth-order valence-corrected chi connectivity index (χ4v) is 1.36. The van der Waals surface area contributed by atoms with Crippen molar-refractivity contribution in [1.29, 1.82) is 0 Å². The van der Waals surface area contributed by atoms with Crippen LogP contribution in [0.2, 0.25) is 0 Å². The smallest absolute Gasteiger partial charge is 0.272 e. The van der Waals surface area contributed by atoms with Crippen molar-refractivity contribution in [2.75, 3.05) is 33.2 Å². The van der Waals surface area contributed by atoms with E-state index in [1.807, 2.05) is 13.8 Å². The van der Waals surface area contributed by atoms with Gasteiger partial charge in [0.05, 0.1) is 13.1 Å². The van der Waals surface area contributed by atoms with Gasteiger partial charge in [0, 0.05) is 0 Å². The van der Waals surface area contributed by atoms with Gasteiger partial charge in [0.25, 0.3) is 5.92 Å². The van der Waals surface area contributed by atoms with Crippen LogP contribution >= 0.6 is 0 Å². The third-order valence-electron chi connectivity index (χ3n) is 1.92. The molecule has 0 saturated carbocycles. The van der Waals surface area contributed by atoms with Gasteiger partial charge in [-0.25, -0.2) is 8.78 Å². The monoisotopic (exact) mass is 208 g/mol. The highest BCUT2D eigenvalue weighted by atomic mass is 19.3. The summed E-state index contributed by atoms with van der Waals surface area (Å²) in [5.41, 5.74) is 0. The first-order valence-electron chi connectivity index (χ1n) is 5.29. The van der Waals surface area contributed by atoms with Crippen LogP contribution in [0, 0.1) is 0 Å². The molecule has 0 rings (SSSR count). The van der Waals surface area contributed by atoms with E-state index >= 15 is 0 Å². The van der Waals surface area contributed by atoms with Crippen molar-refractivity contribution >= 4 is 0 Å². The molecule has 0 spiro atoms. The molecule has 0 aliphatic rings. The van der Waals surface area contributed by atoms with Crippen LogP contribution in [0.15, 0.2) is 0 Å². The lowest BCUT2D eigenvalue weighted by Crippen LogP contribution is -2.42. The van der Waals surface area contributed by atoms with E-state index in [4.69, 9.17) is 0 Å². The maximum absolute atomic E-state index is 13.2. The molecule has 0 radical (unpaired) electrons. The molecule has 0 unspecified atom stereocenters. The molecule has 0 aromatic heterocycles. The van der Waals surface area contributed by atoms with Crippen LogP contribution in [0.1, 0.15) is 26.7 Å². The Labute approximate surface area is 85.7 Å². The quantitative estimate of drug-likeness (QED) is 0.613. The van der Waals surface area contributed by atoms with Crippen LogP contribution in [-0.2, 0) is 0 Å². The van der Waals surface area contributed by atoms with Gasteiger partial charge >= 0.3 is 0 Å². The zero-order valence-corrected chi connectivity index (χ0v) is 9.45. The number of hydrogen-bond donors (Lipinski definition) is 1. The Bertz CT molecular complexity index is 140. The number of nitrogens with one attached hydrogen (secondary N) is 1. The Morgan fingerprint density at radius 1 is 1.21 bits per heavy atom. The molecule has 0 saturated heterocycles. The first-order chi connectivity index (χ1) is 6.52. The number of hydrogen-bond acceptors (Lipinski definition) is 2. The third kappa shape index (κ3) is 7.21. The van der Waals surface area contributed by atoms with E-state index in [2.05, 4.69) is 5.32 Å². The fourth-order valence-electron chi connectivity index (χ4n) is 1.36. The van der Waals surface area contributed by atoms with Gasteiger partial charge in [-0.05, 0) is 33.0 Å². The van der Waals surface area contributed by atoms with E-state index in [1.165, 1.54) is 0 Å². The summed E-state index contributed by atoms with van der Waals surface area (Å²) in [6.07, 6.45) is 1.80. The van der Waals surface area contributed by atoms with Gasteiger partial charge in [0.2, 0.25) is 0 Å². The maximum Gasteiger partial charge on any atom is 0.272 e. The van der Waals surface area contributed by atoms with Crippen LogP contribution in [0.25, 0.3) is 0 Å². The second kappa shape index (κ2) is 7.12. The van der Waals surface area contributed by atoms with Gasteiger partial charge in [0.15, 0.2) is 0 Å². The first kappa shape index (κ1) is 13.8. The molecular weight excluding hydrogens is 186 g/mol. The Kier molecular flexibility index (Phi) is 7.01. The third-order valence-corrected chi connectivity index (χ3v) is 1.92. The summed E-state index contributed by atoms with van der Waals surface area (Å²) < 4.78 is 26.4. The van der Waals surface area contributed by atoms with Crippen molar-refractivity contribution in [2.45, 2.75) is 32.6 Å². The van der Waals surface area contributed by atoms with Gasteiger partial charge < -0.3 is 10.2 Å². The predicted octanol–water partition coefficient (Wildman–Crippen LogP) is 1.96. The van der Waals surface area contributed by atoms with Crippen LogP contribution < -0.4 is 5.32 Å². The molecular formula is C10H22F2N2. The maximum atomic E-state index is 13.2. The van der Waals surface area contributed by atoms with Gasteiger partial charge in [-0.15, -0.1) is 0 Å². The predicted molar refractivity (Wildman–Crippen MR) is 55.9 cm³/mol. The molecule has 0 heterocycles. The zero-order chi connectivity index (χ0) is 11.0. The molecule has 0 bridgehead atoms. The van der Waals surface area contributed by atoms with E-state index in [0.717, 1.165) is 19.4 Å². The van der Waals surface area contributed by atoms with E-state index in [-0.39, 0.29) is 13.1 Å². The first-order valence-corrected chi connectivity index (χ1v) is 5.29. The topological polar surface area (TPSA) is 15.3 Å². The van der Waals surface area contributed by atoms with Crippen molar-refractivity contribution in [3.05, 3.63) is 0 Å². The van der Waals surface area contributed by atoms with Crippen LogP contribution in [0.4, 0.5) is 8.78 Å². The summed E-state index contributed by atoms with van der Waals surface area (Å²) in [5.74, 6) is -2.61. The molecule has 0 aliphatic heterocycles. The van der Waals surface area contributed by atoms with Gasteiger partial charge in [-0.1, -0.05) is 13.8 Å². The SMILES string of the molecule is CCCNCC(F)(F)CN(C)CCC. The average molecular weight is 208 g/mol. The molecule has 14 heavy (non-hydrogen) atoms. The minimum Gasteiger partial charge on any atom is -0.311 e. The molecule has 86 valence electrons. The van der Waals surface area contributed by atoms with Crippen molar-refractivity contribution in [1.82, 2.24) is 10.2 Å². The summed E-state index contributed by atoms with van der Waals surface area (Å²) in [7, 11) is 1.73. The van der Waals surface area contributed by atoms with Crippen molar-refractivity contribution in [3.63, 3.8) is 0 Å². The molecule has 4 heteroatoms. The Morgan fingerprint density at radius 3 is 2.36 bits per heavy atom. The second-order valence-corrected chi connectivity index (χ2v) is 3.77. The van der Waals surface area contributed by atoms with Crippen molar-refractivity contribution in [2.24, 2.45) is 0 Å². The van der Waals surface area contributed by atoms with E-state index < -0.39 is 5.92 Å². The number of halogens is 2. The Morgan fingerprint density at radius 2 is 1.86 bits per heavy atom. The average Bonchev–Trinajstić information content (AvgIpc) is 2.03. The highest BCUT2D eigenvalue weighted by Crippen LogP contribution is 2.13. The summed E-state index contributed by atoms with van der Waals surface area (Å²) in [6.45, 7) is 4.97. The van der Waals surface area contributed by atoms with Crippen molar-refractivity contribution < 1.29 is 8.78 Å². The summed E-state index contributed by atoms with van der Waals surface area (Å²) in [6, 6.07) is 0. The van der Waals surface area contributed by atoms with Gasteiger partial charge in [-0.2, -0.15) is 0 Å². The van der Waals surface area contributed by atoms with Crippen LogP contribution in [0.3, 0.4) is 0 Å². The molecule has 1 N–H and O–H groups in total. The molecule has 0 aromatic carbocycles. The van der Waals surface area contributed by atoms with Gasteiger partial charge in [0.1, 0.15) is 0 Å². The molecule has 0 amide bonds. The van der Waals surface area contributed by atoms with Crippen LogP contribution in [-0.4, -0.2) is 44.0 Å². The van der Waals surface area contributed by atoms with Gasteiger partial charge in [-0.3, -0.25) is 0 Å². The second-order valence-electron chi connectivity index (χ2n) is 3.77. The normalized spacial score (nSPS) is 12.4. The Hall–Kier alpha value is -0.220. The summed E-state index contributed by atoms with van der Waals surface area (Å²) in [4.78, 5) is 1.67. The van der Waals surface area contributed by atoms with E-state index in [0.29, 0.717) is 6.54 Å². The number of nitrogens with zero attached hydrogens (tertiary/aromatic N) is 1. The summed E-state index contributed by atoms with van der Waals surface area (Å²) >= 11 is 0. The van der Waals surface area contributed by atoms with E-state index in [9.17, 15) is 8.78 Å². The lowest BCUT2D eigenvalue weighted by molar-refractivity contribution is -0.0245. The highest BCUT2D eigenvalue weighted by molar-refractivity contribution is 4.73. The lowest BCUT2D eigenvalue weighted by atomic mass is 10.3. The summed E-state index contributed by atoms with van der Waals surface area (Å²) in [5, 5.41) is 2.75. The Balaban J connectivity index is 3.69. The lowest BCUT2D eigenvalue weighted by Gasteiger charge is -2.23. The number of rotatable bonds is 8. The molecule has 0 atom stereocenters. The largest absolute Gasteiger partial charge is 0.311 e. The number of alkyl halides is 2. The molecule has 0 aromatic rings. The minimum atomic E-state index is -2.61.